The van der Waals surface area contributed by atoms with Crippen LogP contribution >= 0.6 is 15.9 Å². The fourth-order valence-electron chi connectivity index (χ4n) is 3.30. The highest BCUT2D eigenvalue weighted by Gasteiger charge is 2.49. The lowest BCUT2D eigenvalue weighted by molar-refractivity contribution is 0.0438. The maximum absolute atomic E-state index is 5.14. The molecule has 1 aliphatic carbocycles. The van der Waals surface area contributed by atoms with Crippen molar-refractivity contribution >= 4 is 15.9 Å². The summed E-state index contributed by atoms with van der Waals surface area (Å²) in [6.07, 6.45) is 2.54. The Labute approximate surface area is 137 Å². The molecule has 0 radical (unpaired) electrons. The number of benzene rings is 1. The molecule has 3 heteroatoms. The van der Waals surface area contributed by atoms with E-state index in [4.69, 9.17) is 4.74 Å². The van der Waals surface area contributed by atoms with E-state index in [0.29, 0.717) is 5.41 Å². The molecular formula is C18H28BrNO. The highest BCUT2D eigenvalue weighted by Crippen LogP contribution is 2.54. The van der Waals surface area contributed by atoms with Crippen LogP contribution in [0.4, 0.5) is 0 Å². The van der Waals surface area contributed by atoms with Crippen molar-refractivity contribution in [1.82, 2.24) is 5.32 Å². The van der Waals surface area contributed by atoms with Gasteiger partial charge in [-0.3, -0.25) is 0 Å². The SMILES string of the molecule is COCCNCC1(c2cccc(Br)c2)CC(C(C)(C)C)C1. The lowest BCUT2D eigenvalue weighted by atomic mass is 9.52. The lowest BCUT2D eigenvalue weighted by Crippen LogP contribution is -2.52. The van der Waals surface area contributed by atoms with E-state index >= 15 is 0 Å². The fraction of sp³-hybridized carbons (Fsp3) is 0.667. The number of hydrogen-bond acceptors (Lipinski definition) is 2. The molecule has 0 aliphatic heterocycles. The van der Waals surface area contributed by atoms with Crippen LogP contribution in [0.5, 0.6) is 0 Å². The highest BCUT2D eigenvalue weighted by atomic mass is 79.9. The number of ether oxygens (including phenoxy) is 1. The van der Waals surface area contributed by atoms with Gasteiger partial charge in [0.1, 0.15) is 0 Å². The molecule has 21 heavy (non-hydrogen) atoms. The standard InChI is InChI=1S/C18H28BrNO/c1-17(2,3)15-11-18(12-15,13-20-8-9-21-4)14-6-5-7-16(19)10-14/h5-7,10,15,20H,8-9,11-13H2,1-4H3. The molecule has 0 aromatic heterocycles. The van der Waals surface area contributed by atoms with Gasteiger partial charge in [-0.2, -0.15) is 0 Å². The molecule has 0 bridgehead atoms. The predicted molar refractivity (Wildman–Crippen MR) is 92.7 cm³/mol. The summed E-state index contributed by atoms with van der Waals surface area (Å²) in [4.78, 5) is 0. The van der Waals surface area contributed by atoms with Crippen molar-refractivity contribution in [3.63, 3.8) is 0 Å². The third-order valence-corrected chi connectivity index (χ3v) is 5.38. The van der Waals surface area contributed by atoms with E-state index in [-0.39, 0.29) is 5.41 Å². The van der Waals surface area contributed by atoms with E-state index in [2.05, 4.69) is 66.3 Å². The Kier molecular flexibility index (Phi) is 5.50. The summed E-state index contributed by atoms with van der Waals surface area (Å²) in [6.45, 7) is 9.83. The van der Waals surface area contributed by atoms with Crippen LogP contribution < -0.4 is 5.32 Å². The van der Waals surface area contributed by atoms with Crippen LogP contribution in [0.15, 0.2) is 28.7 Å². The lowest BCUT2D eigenvalue weighted by Gasteiger charge is -2.53. The summed E-state index contributed by atoms with van der Waals surface area (Å²) in [5, 5.41) is 3.58. The zero-order valence-electron chi connectivity index (χ0n) is 13.7. The number of halogens is 1. The monoisotopic (exact) mass is 353 g/mol. The summed E-state index contributed by atoms with van der Waals surface area (Å²) < 4.78 is 6.31. The second kappa shape index (κ2) is 6.80. The molecule has 118 valence electrons. The minimum absolute atomic E-state index is 0.287. The van der Waals surface area contributed by atoms with Gasteiger partial charge in [0.15, 0.2) is 0 Å². The molecule has 1 saturated carbocycles. The van der Waals surface area contributed by atoms with Crippen LogP contribution in [-0.2, 0) is 10.2 Å². The third kappa shape index (κ3) is 4.08. The Morgan fingerprint density at radius 1 is 1.33 bits per heavy atom. The highest BCUT2D eigenvalue weighted by molar-refractivity contribution is 9.10. The van der Waals surface area contributed by atoms with Crippen LogP contribution in [0.25, 0.3) is 0 Å². The van der Waals surface area contributed by atoms with Crippen molar-refractivity contribution in [1.29, 1.82) is 0 Å². The minimum Gasteiger partial charge on any atom is -0.383 e. The smallest absolute Gasteiger partial charge is 0.0587 e. The molecule has 1 fully saturated rings. The van der Waals surface area contributed by atoms with Gasteiger partial charge in [-0.15, -0.1) is 0 Å². The Morgan fingerprint density at radius 3 is 2.62 bits per heavy atom. The van der Waals surface area contributed by atoms with Crippen LogP contribution in [0.3, 0.4) is 0 Å². The Hall–Kier alpha value is -0.380. The first-order valence-corrected chi connectivity index (χ1v) is 8.62. The van der Waals surface area contributed by atoms with Gasteiger partial charge in [-0.1, -0.05) is 48.8 Å². The second-order valence-electron chi connectivity index (χ2n) is 7.43. The van der Waals surface area contributed by atoms with E-state index in [0.717, 1.165) is 25.6 Å². The molecule has 1 aliphatic rings. The van der Waals surface area contributed by atoms with Crippen LogP contribution in [0, 0.1) is 11.3 Å². The van der Waals surface area contributed by atoms with Gasteiger partial charge in [0.05, 0.1) is 6.61 Å². The molecule has 1 N–H and O–H groups in total. The molecule has 2 rings (SSSR count). The molecule has 0 heterocycles. The van der Waals surface area contributed by atoms with Gasteiger partial charge >= 0.3 is 0 Å². The zero-order chi connectivity index (χ0) is 15.5. The molecule has 1 aromatic rings. The second-order valence-corrected chi connectivity index (χ2v) is 8.35. The molecule has 1 aromatic carbocycles. The van der Waals surface area contributed by atoms with Gasteiger partial charge in [0.25, 0.3) is 0 Å². The summed E-state index contributed by atoms with van der Waals surface area (Å²) in [5.74, 6) is 0.806. The predicted octanol–water partition coefficient (Wildman–Crippen LogP) is 4.38. The molecule has 0 spiro atoms. The van der Waals surface area contributed by atoms with Crippen molar-refractivity contribution < 1.29 is 4.74 Å². The van der Waals surface area contributed by atoms with Crippen molar-refractivity contribution in [2.45, 2.75) is 39.0 Å². The molecule has 0 unspecified atom stereocenters. The molecular weight excluding hydrogens is 326 g/mol. The van der Waals surface area contributed by atoms with Gasteiger partial charge in [0.2, 0.25) is 0 Å². The van der Waals surface area contributed by atoms with Crippen LogP contribution in [-0.4, -0.2) is 26.8 Å². The number of hydrogen-bond donors (Lipinski definition) is 1. The molecule has 0 amide bonds. The van der Waals surface area contributed by atoms with Crippen molar-refractivity contribution in [2.75, 3.05) is 26.8 Å². The van der Waals surface area contributed by atoms with Crippen molar-refractivity contribution in [2.24, 2.45) is 11.3 Å². The van der Waals surface area contributed by atoms with E-state index < -0.39 is 0 Å². The Morgan fingerprint density at radius 2 is 2.05 bits per heavy atom. The van der Waals surface area contributed by atoms with E-state index in [1.807, 2.05) is 0 Å². The third-order valence-electron chi connectivity index (χ3n) is 4.88. The Balaban J connectivity index is 2.09. The van der Waals surface area contributed by atoms with E-state index in [1.54, 1.807) is 7.11 Å². The largest absolute Gasteiger partial charge is 0.383 e. The molecule has 2 nitrogen and oxygen atoms in total. The Bertz CT molecular complexity index is 461. The van der Waals surface area contributed by atoms with Gasteiger partial charge < -0.3 is 10.1 Å². The first-order valence-electron chi connectivity index (χ1n) is 7.83. The van der Waals surface area contributed by atoms with Crippen molar-refractivity contribution in [3.05, 3.63) is 34.3 Å². The van der Waals surface area contributed by atoms with Gasteiger partial charge in [-0.05, 0) is 41.9 Å². The average molecular weight is 354 g/mol. The summed E-state index contributed by atoms with van der Waals surface area (Å²) >= 11 is 3.62. The van der Waals surface area contributed by atoms with E-state index in [9.17, 15) is 0 Å². The molecule has 0 atom stereocenters. The summed E-state index contributed by atoms with van der Waals surface area (Å²) in [6, 6.07) is 8.83. The number of rotatable bonds is 6. The topological polar surface area (TPSA) is 21.3 Å². The van der Waals surface area contributed by atoms with E-state index in [1.165, 1.54) is 22.9 Å². The van der Waals surface area contributed by atoms with Crippen LogP contribution in [0.2, 0.25) is 0 Å². The van der Waals surface area contributed by atoms with Crippen molar-refractivity contribution in [3.8, 4) is 0 Å². The van der Waals surface area contributed by atoms with Gasteiger partial charge in [-0.25, -0.2) is 0 Å². The zero-order valence-corrected chi connectivity index (χ0v) is 15.3. The maximum Gasteiger partial charge on any atom is 0.0587 e. The fourth-order valence-corrected chi connectivity index (χ4v) is 3.70. The normalized spacial score (nSPS) is 25.7. The quantitative estimate of drug-likeness (QED) is 0.766. The first-order chi connectivity index (χ1) is 9.87. The minimum atomic E-state index is 0.287. The average Bonchev–Trinajstić information content (AvgIpc) is 2.35. The molecule has 0 saturated heterocycles. The number of nitrogens with one attached hydrogen (secondary N) is 1. The van der Waals surface area contributed by atoms with Gasteiger partial charge in [0, 0.05) is 30.1 Å². The maximum atomic E-state index is 5.14. The first kappa shape index (κ1) is 17.0. The summed E-state index contributed by atoms with van der Waals surface area (Å²) in [5.41, 5.74) is 2.15. The van der Waals surface area contributed by atoms with Crippen LogP contribution in [0.1, 0.15) is 39.2 Å². The number of methoxy groups -OCH3 is 1. The summed E-state index contributed by atoms with van der Waals surface area (Å²) in [7, 11) is 1.75.